The zero-order valence-electron chi connectivity index (χ0n) is 16.2. The molecule has 2 aromatic rings. The van der Waals surface area contributed by atoms with Gasteiger partial charge in [-0.25, -0.2) is 4.98 Å². The standard InChI is InChI=1S/C20H28N4O2S/c1-15-18(16(2)26-23-15)14-27-20-17(8-7-9-22-20)19(25)21-10-13-24-11-5-3-4-6-12-24/h7-9H,3-6,10-14H2,1-2H3,(H,21,25). The molecule has 0 bridgehead atoms. The highest BCUT2D eigenvalue weighted by Crippen LogP contribution is 2.27. The minimum absolute atomic E-state index is 0.0563. The Morgan fingerprint density at radius 1 is 1.26 bits per heavy atom. The number of thioether (sulfide) groups is 1. The van der Waals surface area contributed by atoms with Crippen LogP contribution in [-0.2, 0) is 5.75 Å². The number of amides is 1. The molecular formula is C20H28N4O2S. The van der Waals surface area contributed by atoms with Crippen LogP contribution in [0.1, 0.15) is 53.1 Å². The third-order valence-corrected chi connectivity index (χ3v) is 5.99. The summed E-state index contributed by atoms with van der Waals surface area (Å²) in [5, 5.41) is 7.78. The van der Waals surface area contributed by atoms with E-state index in [0.29, 0.717) is 17.9 Å². The number of aryl methyl sites for hydroxylation is 2. The molecule has 2 aromatic heterocycles. The molecule has 1 aliphatic rings. The predicted molar refractivity (Wildman–Crippen MR) is 107 cm³/mol. The molecule has 0 unspecified atom stereocenters. The second kappa shape index (κ2) is 9.90. The number of nitrogens with zero attached hydrogens (tertiary/aromatic N) is 3. The summed E-state index contributed by atoms with van der Waals surface area (Å²) in [7, 11) is 0. The molecule has 0 radical (unpaired) electrons. The highest BCUT2D eigenvalue weighted by Gasteiger charge is 2.16. The molecule has 6 nitrogen and oxygen atoms in total. The number of carbonyl (C=O) groups excluding carboxylic acids is 1. The fourth-order valence-electron chi connectivity index (χ4n) is 3.31. The van der Waals surface area contributed by atoms with Gasteiger partial charge in [0.1, 0.15) is 10.8 Å². The molecule has 0 aromatic carbocycles. The number of aromatic nitrogens is 2. The Morgan fingerprint density at radius 3 is 2.74 bits per heavy atom. The number of hydrogen-bond donors (Lipinski definition) is 1. The van der Waals surface area contributed by atoms with Gasteiger partial charge in [0.2, 0.25) is 0 Å². The van der Waals surface area contributed by atoms with E-state index in [2.05, 4.69) is 20.4 Å². The smallest absolute Gasteiger partial charge is 0.254 e. The van der Waals surface area contributed by atoms with Gasteiger partial charge in [0.05, 0.1) is 11.3 Å². The Labute approximate surface area is 165 Å². The lowest BCUT2D eigenvalue weighted by molar-refractivity contribution is 0.0945. The molecule has 0 atom stereocenters. The fraction of sp³-hybridized carbons (Fsp3) is 0.550. The van der Waals surface area contributed by atoms with Crippen LogP contribution in [0.4, 0.5) is 0 Å². The first-order chi connectivity index (χ1) is 13.1. The maximum Gasteiger partial charge on any atom is 0.254 e. The van der Waals surface area contributed by atoms with Crippen LogP contribution in [0, 0.1) is 13.8 Å². The fourth-order valence-corrected chi connectivity index (χ4v) is 4.45. The second-order valence-corrected chi connectivity index (χ2v) is 7.92. The normalized spacial score (nSPS) is 15.5. The number of hydrogen-bond acceptors (Lipinski definition) is 6. The van der Waals surface area contributed by atoms with E-state index in [4.69, 9.17) is 4.52 Å². The lowest BCUT2D eigenvalue weighted by Gasteiger charge is -2.19. The van der Waals surface area contributed by atoms with Gasteiger partial charge in [-0.15, -0.1) is 11.8 Å². The third-order valence-electron chi connectivity index (χ3n) is 4.96. The van der Waals surface area contributed by atoms with Crippen molar-refractivity contribution in [1.82, 2.24) is 20.4 Å². The first kappa shape index (κ1) is 19.9. The molecule has 27 heavy (non-hydrogen) atoms. The summed E-state index contributed by atoms with van der Waals surface area (Å²) in [5.74, 6) is 1.45. The van der Waals surface area contributed by atoms with E-state index in [1.54, 1.807) is 18.0 Å². The van der Waals surface area contributed by atoms with Crippen LogP contribution in [0.2, 0.25) is 0 Å². The van der Waals surface area contributed by atoms with E-state index in [1.807, 2.05) is 26.0 Å². The summed E-state index contributed by atoms with van der Waals surface area (Å²) in [4.78, 5) is 19.5. The topological polar surface area (TPSA) is 71.3 Å². The van der Waals surface area contributed by atoms with E-state index < -0.39 is 0 Å². The van der Waals surface area contributed by atoms with E-state index in [1.165, 1.54) is 25.7 Å². The maximum absolute atomic E-state index is 12.7. The first-order valence-electron chi connectivity index (χ1n) is 9.65. The number of carbonyl (C=O) groups is 1. The molecule has 7 heteroatoms. The van der Waals surface area contributed by atoms with Crippen molar-refractivity contribution in [1.29, 1.82) is 0 Å². The van der Waals surface area contributed by atoms with Crippen molar-refractivity contribution in [2.75, 3.05) is 26.2 Å². The minimum atomic E-state index is -0.0563. The average Bonchev–Trinajstić information content (AvgIpc) is 2.87. The summed E-state index contributed by atoms with van der Waals surface area (Å²) in [5.41, 5.74) is 2.59. The lowest BCUT2D eigenvalue weighted by Crippen LogP contribution is -2.35. The molecule has 1 N–H and O–H groups in total. The second-order valence-electron chi connectivity index (χ2n) is 6.96. The van der Waals surface area contributed by atoms with Crippen LogP contribution in [0.3, 0.4) is 0 Å². The van der Waals surface area contributed by atoms with Crippen molar-refractivity contribution in [3.8, 4) is 0 Å². The molecule has 1 aliphatic heterocycles. The maximum atomic E-state index is 12.7. The summed E-state index contributed by atoms with van der Waals surface area (Å²) in [6, 6.07) is 3.65. The Balaban J connectivity index is 1.55. The van der Waals surface area contributed by atoms with Gasteiger partial charge in [-0.1, -0.05) is 18.0 Å². The van der Waals surface area contributed by atoms with Gasteiger partial charge >= 0.3 is 0 Å². The molecule has 3 rings (SSSR count). The number of nitrogens with one attached hydrogen (secondary N) is 1. The largest absolute Gasteiger partial charge is 0.361 e. The van der Waals surface area contributed by atoms with Crippen molar-refractivity contribution < 1.29 is 9.32 Å². The first-order valence-corrected chi connectivity index (χ1v) is 10.6. The third kappa shape index (κ3) is 5.56. The highest BCUT2D eigenvalue weighted by molar-refractivity contribution is 7.98. The molecule has 1 fully saturated rings. The van der Waals surface area contributed by atoms with Crippen molar-refractivity contribution >= 4 is 17.7 Å². The molecule has 146 valence electrons. The Kier molecular flexibility index (Phi) is 7.29. The van der Waals surface area contributed by atoms with Gasteiger partial charge in [-0.3, -0.25) is 4.79 Å². The zero-order valence-corrected chi connectivity index (χ0v) is 17.0. The van der Waals surface area contributed by atoms with Gasteiger partial charge in [-0.2, -0.15) is 0 Å². The van der Waals surface area contributed by atoms with Gasteiger partial charge in [-0.05, 0) is 51.9 Å². The van der Waals surface area contributed by atoms with Crippen molar-refractivity contribution in [2.24, 2.45) is 0 Å². The van der Waals surface area contributed by atoms with Crippen LogP contribution in [0.25, 0.3) is 0 Å². The average molecular weight is 389 g/mol. The summed E-state index contributed by atoms with van der Waals surface area (Å²) in [6.45, 7) is 7.70. The van der Waals surface area contributed by atoms with Crippen molar-refractivity contribution in [3.63, 3.8) is 0 Å². The van der Waals surface area contributed by atoms with Crippen LogP contribution in [-0.4, -0.2) is 47.1 Å². The van der Waals surface area contributed by atoms with Crippen LogP contribution < -0.4 is 5.32 Å². The molecule has 0 spiro atoms. The van der Waals surface area contributed by atoms with Crippen LogP contribution in [0.15, 0.2) is 27.9 Å². The molecule has 1 amide bonds. The van der Waals surface area contributed by atoms with E-state index in [9.17, 15) is 4.79 Å². The zero-order chi connectivity index (χ0) is 19.1. The van der Waals surface area contributed by atoms with Crippen LogP contribution >= 0.6 is 11.8 Å². The van der Waals surface area contributed by atoms with Crippen molar-refractivity contribution in [2.45, 2.75) is 50.3 Å². The molecular weight excluding hydrogens is 360 g/mol. The number of rotatable bonds is 7. The summed E-state index contributed by atoms with van der Waals surface area (Å²) < 4.78 is 5.21. The molecule has 3 heterocycles. The number of likely N-dealkylation sites (tertiary alicyclic amines) is 1. The van der Waals surface area contributed by atoms with Gasteiger partial charge in [0, 0.05) is 30.6 Å². The lowest BCUT2D eigenvalue weighted by atomic mass is 10.2. The Bertz CT molecular complexity index is 735. The SMILES string of the molecule is Cc1noc(C)c1CSc1ncccc1C(=O)NCCN1CCCCCC1. The molecule has 0 aliphatic carbocycles. The number of pyridine rings is 1. The predicted octanol–water partition coefficient (Wildman–Crippen LogP) is 3.58. The molecule has 1 saturated heterocycles. The summed E-state index contributed by atoms with van der Waals surface area (Å²) in [6.07, 6.45) is 6.90. The van der Waals surface area contributed by atoms with E-state index in [-0.39, 0.29) is 5.91 Å². The quantitative estimate of drug-likeness (QED) is 0.731. The van der Waals surface area contributed by atoms with Crippen molar-refractivity contribution in [3.05, 3.63) is 40.9 Å². The molecule has 0 saturated carbocycles. The Hall–Kier alpha value is -1.86. The highest BCUT2D eigenvalue weighted by atomic mass is 32.2. The van der Waals surface area contributed by atoms with Gasteiger partial charge in [0.25, 0.3) is 5.91 Å². The van der Waals surface area contributed by atoms with Gasteiger partial charge < -0.3 is 14.7 Å². The van der Waals surface area contributed by atoms with Crippen LogP contribution in [0.5, 0.6) is 0 Å². The van der Waals surface area contributed by atoms with E-state index >= 15 is 0 Å². The monoisotopic (exact) mass is 388 g/mol. The van der Waals surface area contributed by atoms with Gasteiger partial charge in [0.15, 0.2) is 0 Å². The summed E-state index contributed by atoms with van der Waals surface area (Å²) >= 11 is 1.54. The Morgan fingerprint density at radius 2 is 2.04 bits per heavy atom. The van der Waals surface area contributed by atoms with E-state index in [0.717, 1.165) is 41.7 Å². The minimum Gasteiger partial charge on any atom is -0.361 e.